The predicted molar refractivity (Wildman–Crippen MR) is 131 cm³/mol. The Labute approximate surface area is 203 Å². The molecular weight excluding hydrogens is 474 g/mol. The lowest BCUT2D eigenvalue weighted by Gasteiger charge is -2.22. The normalized spacial score (nSPS) is 10.9. The summed E-state index contributed by atoms with van der Waals surface area (Å²) in [6.07, 6.45) is 1.03. The minimum absolute atomic E-state index is 0.0481. The van der Waals surface area contributed by atoms with Gasteiger partial charge >= 0.3 is 0 Å². The van der Waals surface area contributed by atoms with Crippen molar-refractivity contribution < 1.29 is 27.6 Å². The summed E-state index contributed by atoms with van der Waals surface area (Å²) in [5.74, 6) is 0.846. The number of non-ortho nitro benzene ring substituents is 1. The molecule has 0 saturated carbocycles. The number of hydrogen-bond acceptors (Lipinski definition) is 7. The molecule has 1 amide bonds. The number of carbonyl (C=O) groups is 1. The maximum atomic E-state index is 12.6. The largest absolute Gasteiger partial charge is 0.493 e. The van der Waals surface area contributed by atoms with Crippen molar-refractivity contribution in [1.29, 1.82) is 0 Å². The molecule has 35 heavy (non-hydrogen) atoms. The molecule has 0 bridgehead atoms. The summed E-state index contributed by atoms with van der Waals surface area (Å²) in [7, 11) is -0.646. The van der Waals surface area contributed by atoms with Gasteiger partial charge in [-0.15, -0.1) is 0 Å². The number of carbonyl (C=O) groups excluding carboxylic acids is 1. The molecule has 1 N–H and O–H groups in total. The maximum Gasteiger partial charge on any atom is 0.271 e. The van der Waals surface area contributed by atoms with Gasteiger partial charge in [-0.2, -0.15) is 0 Å². The number of rotatable bonds is 10. The van der Waals surface area contributed by atoms with Crippen LogP contribution >= 0.6 is 0 Å². The van der Waals surface area contributed by atoms with Gasteiger partial charge in [-0.05, 0) is 41.5 Å². The molecule has 0 unspecified atom stereocenters. The second-order valence-electron chi connectivity index (χ2n) is 7.62. The van der Waals surface area contributed by atoms with E-state index < -0.39 is 14.9 Å². The number of ether oxygens (including phenoxy) is 2. The van der Waals surface area contributed by atoms with Gasteiger partial charge in [-0.25, -0.2) is 8.42 Å². The number of anilines is 1. The van der Waals surface area contributed by atoms with E-state index in [0.717, 1.165) is 16.1 Å². The second-order valence-corrected chi connectivity index (χ2v) is 9.52. The number of nitrogens with zero attached hydrogens (tertiary/aromatic N) is 2. The summed E-state index contributed by atoms with van der Waals surface area (Å²) >= 11 is 0. The van der Waals surface area contributed by atoms with Crippen LogP contribution < -0.4 is 19.1 Å². The van der Waals surface area contributed by atoms with Gasteiger partial charge in [0.05, 0.1) is 37.6 Å². The van der Waals surface area contributed by atoms with E-state index in [1.807, 2.05) is 6.07 Å². The van der Waals surface area contributed by atoms with Gasteiger partial charge < -0.3 is 14.8 Å². The summed E-state index contributed by atoms with van der Waals surface area (Å²) in [5, 5.41) is 13.9. The first kappa shape index (κ1) is 25.5. The first-order valence-corrected chi connectivity index (χ1v) is 12.3. The predicted octanol–water partition coefficient (Wildman–Crippen LogP) is 3.51. The number of methoxy groups -OCH3 is 2. The first-order chi connectivity index (χ1) is 16.6. The van der Waals surface area contributed by atoms with Crippen LogP contribution in [0.25, 0.3) is 0 Å². The zero-order chi connectivity index (χ0) is 25.6. The van der Waals surface area contributed by atoms with Crippen LogP contribution in [0.2, 0.25) is 0 Å². The lowest BCUT2D eigenvalue weighted by molar-refractivity contribution is -0.384. The Balaban J connectivity index is 1.71. The number of benzene rings is 3. The smallest absolute Gasteiger partial charge is 0.271 e. The molecule has 0 radical (unpaired) electrons. The Morgan fingerprint density at radius 3 is 2.23 bits per heavy atom. The SMILES string of the molecule is COc1ccc(CNC(=O)c2ccc(CN(c3cccc([N+](=O)[O-])c3)S(C)(=O)=O)cc2)cc1OC. The van der Waals surface area contributed by atoms with Gasteiger partial charge in [-0.3, -0.25) is 19.2 Å². The van der Waals surface area contributed by atoms with Gasteiger partial charge in [0.2, 0.25) is 10.0 Å². The fourth-order valence-electron chi connectivity index (χ4n) is 3.36. The quantitative estimate of drug-likeness (QED) is 0.334. The highest BCUT2D eigenvalue weighted by molar-refractivity contribution is 7.92. The van der Waals surface area contributed by atoms with Crippen molar-refractivity contribution in [3.8, 4) is 11.5 Å². The topological polar surface area (TPSA) is 128 Å². The highest BCUT2D eigenvalue weighted by Crippen LogP contribution is 2.28. The Kier molecular flexibility index (Phi) is 7.92. The summed E-state index contributed by atoms with van der Waals surface area (Å²) in [5.41, 5.74) is 1.80. The molecule has 0 saturated heterocycles. The summed E-state index contributed by atoms with van der Waals surface area (Å²) in [6, 6.07) is 17.2. The number of amides is 1. The highest BCUT2D eigenvalue weighted by Gasteiger charge is 2.20. The molecule has 3 aromatic rings. The number of sulfonamides is 1. The van der Waals surface area contributed by atoms with Gasteiger partial charge in [0.1, 0.15) is 0 Å². The van der Waals surface area contributed by atoms with Crippen LogP contribution in [0.5, 0.6) is 11.5 Å². The van der Waals surface area contributed by atoms with Crippen LogP contribution in [0.1, 0.15) is 21.5 Å². The number of nitrogens with one attached hydrogen (secondary N) is 1. The zero-order valence-electron chi connectivity index (χ0n) is 19.4. The monoisotopic (exact) mass is 499 g/mol. The molecule has 0 aromatic heterocycles. The molecule has 0 spiro atoms. The summed E-state index contributed by atoms with van der Waals surface area (Å²) < 4.78 is 36.3. The van der Waals surface area contributed by atoms with Crippen LogP contribution in [0.4, 0.5) is 11.4 Å². The van der Waals surface area contributed by atoms with E-state index in [9.17, 15) is 23.3 Å². The summed E-state index contributed by atoms with van der Waals surface area (Å²) in [4.78, 5) is 23.1. The molecule has 0 aliphatic heterocycles. The molecule has 0 aliphatic rings. The average Bonchev–Trinajstić information content (AvgIpc) is 2.85. The van der Waals surface area contributed by atoms with Crippen LogP contribution in [-0.2, 0) is 23.1 Å². The molecule has 184 valence electrons. The third kappa shape index (κ3) is 6.48. The Morgan fingerprint density at radius 1 is 0.971 bits per heavy atom. The molecule has 0 heterocycles. The lowest BCUT2D eigenvalue weighted by Crippen LogP contribution is -2.29. The van der Waals surface area contributed by atoms with Crippen LogP contribution in [0.3, 0.4) is 0 Å². The number of hydrogen-bond donors (Lipinski definition) is 1. The van der Waals surface area contributed by atoms with E-state index in [-0.39, 0.29) is 30.4 Å². The van der Waals surface area contributed by atoms with Crippen LogP contribution in [0.15, 0.2) is 66.7 Å². The van der Waals surface area contributed by atoms with Crippen molar-refractivity contribution in [2.75, 3.05) is 24.8 Å². The third-order valence-corrected chi connectivity index (χ3v) is 6.31. The molecule has 0 fully saturated rings. The molecule has 0 atom stereocenters. The number of nitro benzene ring substituents is 1. The molecular formula is C24H25N3O7S. The third-order valence-electron chi connectivity index (χ3n) is 5.17. The highest BCUT2D eigenvalue weighted by atomic mass is 32.2. The minimum atomic E-state index is -3.72. The molecule has 11 heteroatoms. The van der Waals surface area contributed by atoms with E-state index in [2.05, 4.69) is 5.32 Å². The Morgan fingerprint density at radius 2 is 1.63 bits per heavy atom. The van der Waals surface area contributed by atoms with Crippen molar-refractivity contribution >= 4 is 27.3 Å². The Hall–Kier alpha value is -4.12. The molecule has 0 aliphatic carbocycles. The second kappa shape index (κ2) is 10.9. The minimum Gasteiger partial charge on any atom is -0.493 e. The van der Waals surface area contributed by atoms with Crippen molar-refractivity contribution in [1.82, 2.24) is 5.32 Å². The van der Waals surface area contributed by atoms with Crippen LogP contribution in [-0.4, -0.2) is 39.7 Å². The van der Waals surface area contributed by atoms with Gasteiger partial charge in [0.25, 0.3) is 11.6 Å². The molecule has 3 aromatic carbocycles. The number of nitro groups is 1. The van der Waals surface area contributed by atoms with E-state index in [4.69, 9.17) is 9.47 Å². The standard InChI is InChI=1S/C24H25N3O7S/c1-33-22-12-9-18(13-23(22)34-2)15-25-24(28)19-10-7-17(8-11-19)16-26(35(3,31)32)20-5-4-6-21(14-20)27(29)30/h4-14H,15-16H2,1-3H3,(H,25,28). The summed E-state index contributed by atoms with van der Waals surface area (Å²) in [6.45, 7) is 0.225. The van der Waals surface area contributed by atoms with Crippen molar-refractivity contribution in [2.45, 2.75) is 13.1 Å². The van der Waals surface area contributed by atoms with E-state index in [0.29, 0.717) is 22.6 Å². The van der Waals surface area contributed by atoms with Crippen LogP contribution in [0, 0.1) is 10.1 Å². The van der Waals surface area contributed by atoms with Crippen molar-refractivity contribution in [3.05, 3.63) is 93.5 Å². The van der Waals surface area contributed by atoms with Crippen molar-refractivity contribution in [3.63, 3.8) is 0 Å². The molecule has 3 rings (SSSR count). The van der Waals surface area contributed by atoms with Gasteiger partial charge in [0.15, 0.2) is 11.5 Å². The fraction of sp³-hybridized carbons (Fsp3) is 0.208. The van der Waals surface area contributed by atoms with Crippen molar-refractivity contribution in [2.24, 2.45) is 0 Å². The molecule has 10 nitrogen and oxygen atoms in total. The van der Waals surface area contributed by atoms with Gasteiger partial charge in [0, 0.05) is 24.2 Å². The fourth-order valence-corrected chi connectivity index (χ4v) is 4.24. The lowest BCUT2D eigenvalue weighted by atomic mass is 10.1. The van der Waals surface area contributed by atoms with E-state index in [1.54, 1.807) is 43.5 Å². The van der Waals surface area contributed by atoms with Gasteiger partial charge in [-0.1, -0.05) is 24.3 Å². The maximum absolute atomic E-state index is 12.6. The first-order valence-electron chi connectivity index (χ1n) is 10.4. The Bertz CT molecular complexity index is 1330. The zero-order valence-corrected chi connectivity index (χ0v) is 20.2. The average molecular weight is 500 g/mol. The van der Waals surface area contributed by atoms with E-state index >= 15 is 0 Å². The van der Waals surface area contributed by atoms with E-state index in [1.165, 1.54) is 31.4 Å².